The summed E-state index contributed by atoms with van der Waals surface area (Å²) in [6.07, 6.45) is -0.822. The minimum atomic E-state index is -0.822. The maximum Gasteiger partial charge on any atom is 0.221 e. The number of carbonyl (C=O) groups is 1. The minimum absolute atomic E-state index is 0.149. The first-order chi connectivity index (χ1) is 8.43. The molecule has 0 fully saturated rings. The smallest absolute Gasteiger partial charge is 0.221 e. The highest BCUT2D eigenvalue weighted by Crippen LogP contribution is 2.26. The highest BCUT2D eigenvalue weighted by Gasteiger charge is 2.08. The second kappa shape index (κ2) is 6.37. The molecule has 0 aliphatic rings. The van der Waals surface area contributed by atoms with Crippen LogP contribution in [0.4, 0.5) is 11.4 Å². The molecule has 0 aliphatic heterocycles. The van der Waals surface area contributed by atoms with E-state index in [1.54, 1.807) is 0 Å². The van der Waals surface area contributed by atoms with E-state index in [-0.39, 0.29) is 19.1 Å². The second-order valence-corrected chi connectivity index (χ2v) is 4.38. The van der Waals surface area contributed by atoms with Gasteiger partial charge in [0.2, 0.25) is 5.91 Å². The van der Waals surface area contributed by atoms with Crippen LogP contribution in [0.25, 0.3) is 0 Å². The number of carbonyl (C=O) groups excluding carboxylic acids is 1. The zero-order valence-corrected chi connectivity index (χ0v) is 10.9. The number of amides is 1. The van der Waals surface area contributed by atoms with E-state index < -0.39 is 6.10 Å². The number of benzene rings is 1. The van der Waals surface area contributed by atoms with Gasteiger partial charge < -0.3 is 20.8 Å². The molecule has 1 amide bonds. The third kappa shape index (κ3) is 4.01. The van der Waals surface area contributed by atoms with Crippen LogP contribution in [-0.2, 0) is 4.79 Å². The molecule has 4 N–H and O–H groups in total. The number of aliphatic hydroxyl groups is 2. The Hall–Kier alpha value is -1.59. The van der Waals surface area contributed by atoms with Crippen LogP contribution in [0.15, 0.2) is 12.1 Å². The molecular formula is C13H20N2O3. The Bertz CT molecular complexity index is 432. The van der Waals surface area contributed by atoms with Crippen LogP contribution >= 0.6 is 0 Å². The third-order valence-corrected chi connectivity index (χ3v) is 2.68. The summed E-state index contributed by atoms with van der Waals surface area (Å²) < 4.78 is 0. The number of nitrogens with one attached hydrogen (secondary N) is 2. The van der Waals surface area contributed by atoms with Crippen molar-refractivity contribution in [2.75, 3.05) is 23.8 Å². The van der Waals surface area contributed by atoms with Gasteiger partial charge in [0.15, 0.2) is 0 Å². The second-order valence-electron chi connectivity index (χ2n) is 4.38. The molecule has 1 atom stereocenters. The van der Waals surface area contributed by atoms with Gasteiger partial charge in [-0.05, 0) is 37.1 Å². The van der Waals surface area contributed by atoms with Gasteiger partial charge in [-0.1, -0.05) is 0 Å². The molecule has 0 radical (unpaired) electrons. The molecule has 1 aromatic carbocycles. The zero-order chi connectivity index (χ0) is 13.7. The normalized spacial score (nSPS) is 12.1. The lowest BCUT2D eigenvalue weighted by Gasteiger charge is -2.16. The van der Waals surface area contributed by atoms with Crippen molar-refractivity contribution in [2.24, 2.45) is 0 Å². The summed E-state index contributed by atoms with van der Waals surface area (Å²) in [5.74, 6) is -0.149. The summed E-state index contributed by atoms with van der Waals surface area (Å²) in [5, 5.41) is 23.8. The van der Waals surface area contributed by atoms with Crippen molar-refractivity contribution in [2.45, 2.75) is 26.9 Å². The summed E-state index contributed by atoms with van der Waals surface area (Å²) in [7, 11) is 0. The van der Waals surface area contributed by atoms with E-state index in [4.69, 9.17) is 5.11 Å². The van der Waals surface area contributed by atoms with E-state index in [9.17, 15) is 9.90 Å². The van der Waals surface area contributed by atoms with Gasteiger partial charge in [-0.25, -0.2) is 0 Å². The Balaban J connectivity index is 2.92. The quantitative estimate of drug-likeness (QED) is 0.631. The molecule has 0 saturated heterocycles. The van der Waals surface area contributed by atoms with Crippen LogP contribution in [0.3, 0.4) is 0 Å². The van der Waals surface area contributed by atoms with Crippen molar-refractivity contribution in [3.8, 4) is 0 Å². The van der Waals surface area contributed by atoms with Crippen molar-refractivity contribution in [1.29, 1.82) is 0 Å². The summed E-state index contributed by atoms with van der Waals surface area (Å²) >= 11 is 0. The zero-order valence-electron chi connectivity index (χ0n) is 10.9. The number of aryl methyl sites for hydroxylation is 2. The lowest BCUT2D eigenvalue weighted by molar-refractivity contribution is -0.114. The number of hydrogen-bond acceptors (Lipinski definition) is 4. The van der Waals surface area contributed by atoms with Crippen molar-refractivity contribution in [3.05, 3.63) is 23.3 Å². The largest absolute Gasteiger partial charge is 0.394 e. The van der Waals surface area contributed by atoms with Crippen LogP contribution in [0.2, 0.25) is 0 Å². The van der Waals surface area contributed by atoms with Crippen LogP contribution in [0.5, 0.6) is 0 Å². The monoisotopic (exact) mass is 252 g/mol. The molecule has 1 unspecified atom stereocenters. The van der Waals surface area contributed by atoms with Crippen molar-refractivity contribution in [3.63, 3.8) is 0 Å². The molecule has 100 valence electrons. The molecule has 0 spiro atoms. The molecular weight excluding hydrogens is 232 g/mol. The Morgan fingerprint density at radius 3 is 2.33 bits per heavy atom. The fourth-order valence-corrected chi connectivity index (χ4v) is 1.55. The molecule has 0 aromatic heterocycles. The molecule has 1 aromatic rings. The van der Waals surface area contributed by atoms with Crippen LogP contribution in [0.1, 0.15) is 18.1 Å². The SMILES string of the molecule is CC(=O)Nc1cc(C)c(C)cc1NCC(O)CO. The molecule has 0 heterocycles. The fraction of sp³-hybridized carbons (Fsp3) is 0.462. The van der Waals surface area contributed by atoms with Crippen molar-refractivity contribution >= 4 is 17.3 Å². The lowest BCUT2D eigenvalue weighted by Crippen LogP contribution is -2.23. The van der Waals surface area contributed by atoms with E-state index in [1.165, 1.54) is 6.92 Å². The highest BCUT2D eigenvalue weighted by molar-refractivity contribution is 5.93. The number of anilines is 2. The van der Waals surface area contributed by atoms with E-state index in [1.807, 2.05) is 26.0 Å². The predicted molar refractivity (Wildman–Crippen MR) is 71.8 cm³/mol. The Morgan fingerprint density at radius 2 is 1.83 bits per heavy atom. The Morgan fingerprint density at radius 1 is 1.28 bits per heavy atom. The van der Waals surface area contributed by atoms with Crippen LogP contribution in [-0.4, -0.2) is 35.4 Å². The first kappa shape index (κ1) is 14.5. The maximum atomic E-state index is 11.1. The number of hydrogen-bond donors (Lipinski definition) is 4. The van der Waals surface area contributed by atoms with Crippen molar-refractivity contribution in [1.82, 2.24) is 0 Å². The molecule has 18 heavy (non-hydrogen) atoms. The van der Waals surface area contributed by atoms with E-state index in [0.29, 0.717) is 5.69 Å². The molecule has 0 aliphatic carbocycles. The number of aliphatic hydroxyl groups excluding tert-OH is 2. The Labute approximate surface area is 107 Å². The molecule has 0 bridgehead atoms. The summed E-state index contributed by atoms with van der Waals surface area (Å²) in [6, 6.07) is 3.79. The van der Waals surface area contributed by atoms with Crippen LogP contribution < -0.4 is 10.6 Å². The minimum Gasteiger partial charge on any atom is -0.394 e. The maximum absolute atomic E-state index is 11.1. The van der Waals surface area contributed by atoms with Gasteiger partial charge >= 0.3 is 0 Å². The summed E-state index contributed by atoms with van der Waals surface area (Å²) in [5.41, 5.74) is 3.58. The van der Waals surface area contributed by atoms with Crippen LogP contribution in [0, 0.1) is 13.8 Å². The fourth-order valence-electron chi connectivity index (χ4n) is 1.55. The van der Waals surface area contributed by atoms with Gasteiger partial charge in [0, 0.05) is 13.5 Å². The van der Waals surface area contributed by atoms with E-state index in [0.717, 1.165) is 16.8 Å². The van der Waals surface area contributed by atoms with Crippen molar-refractivity contribution < 1.29 is 15.0 Å². The summed E-state index contributed by atoms with van der Waals surface area (Å²) in [6.45, 7) is 5.31. The standard InChI is InChI=1S/C13H20N2O3/c1-8-4-12(14-6-11(18)7-16)13(5-9(8)2)15-10(3)17/h4-5,11,14,16,18H,6-7H2,1-3H3,(H,15,17). The van der Waals surface area contributed by atoms with E-state index >= 15 is 0 Å². The number of rotatable bonds is 5. The van der Waals surface area contributed by atoms with Gasteiger partial charge in [0.25, 0.3) is 0 Å². The van der Waals surface area contributed by atoms with Gasteiger partial charge in [0.1, 0.15) is 0 Å². The lowest BCUT2D eigenvalue weighted by atomic mass is 10.1. The molecule has 1 rings (SSSR count). The molecule has 5 nitrogen and oxygen atoms in total. The van der Waals surface area contributed by atoms with Gasteiger partial charge in [0.05, 0.1) is 24.1 Å². The first-order valence-corrected chi connectivity index (χ1v) is 5.85. The van der Waals surface area contributed by atoms with E-state index in [2.05, 4.69) is 10.6 Å². The topological polar surface area (TPSA) is 81.6 Å². The molecule has 5 heteroatoms. The molecule has 0 saturated carbocycles. The van der Waals surface area contributed by atoms with Gasteiger partial charge in [-0.2, -0.15) is 0 Å². The van der Waals surface area contributed by atoms with Gasteiger partial charge in [-0.3, -0.25) is 4.79 Å². The third-order valence-electron chi connectivity index (χ3n) is 2.68. The first-order valence-electron chi connectivity index (χ1n) is 5.85. The summed E-state index contributed by atoms with van der Waals surface area (Å²) in [4.78, 5) is 11.1. The average molecular weight is 252 g/mol. The van der Waals surface area contributed by atoms with Gasteiger partial charge in [-0.15, -0.1) is 0 Å². The average Bonchev–Trinajstić information content (AvgIpc) is 2.30. The predicted octanol–water partition coefficient (Wildman–Crippen LogP) is 1.03. The highest BCUT2D eigenvalue weighted by atomic mass is 16.3. The Kier molecular flexibility index (Phi) is 5.12.